The molecule has 0 aliphatic heterocycles. The average molecular weight is 275 g/mol. The van der Waals surface area contributed by atoms with Crippen molar-refractivity contribution in [3.8, 4) is 0 Å². The van der Waals surface area contributed by atoms with Crippen molar-refractivity contribution >= 4 is 17.2 Å². The number of hydrogen-bond acceptors (Lipinski definition) is 4. The number of carbonyl (C=O) groups is 1. The van der Waals surface area contributed by atoms with Crippen LogP contribution in [0.5, 0.6) is 0 Å². The Hall–Kier alpha value is -1.75. The third-order valence-electron chi connectivity index (χ3n) is 2.62. The maximum Gasteiger partial charge on any atom is 0.226 e. The molecular weight excluding hydrogens is 258 g/mol. The second-order valence-corrected chi connectivity index (χ2v) is 5.54. The highest BCUT2D eigenvalue weighted by Gasteiger charge is 2.09. The van der Waals surface area contributed by atoms with E-state index in [9.17, 15) is 4.79 Å². The van der Waals surface area contributed by atoms with Gasteiger partial charge in [0.15, 0.2) is 0 Å². The maximum absolute atomic E-state index is 11.8. The van der Waals surface area contributed by atoms with Crippen molar-refractivity contribution in [1.29, 1.82) is 0 Å². The Morgan fingerprint density at radius 1 is 1.47 bits per heavy atom. The number of carbonyl (C=O) groups excluding carboxylic acids is 1. The standard InChI is InChI=1S/C14H17N3OS/c1-10(2)14-17-12(9-19-14)6-13(18)16-8-11-4-3-5-15-7-11/h3-5,7,9-10H,6,8H2,1-2H3,(H,16,18). The van der Waals surface area contributed by atoms with E-state index < -0.39 is 0 Å². The Balaban J connectivity index is 1.84. The van der Waals surface area contributed by atoms with Crippen molar-refractivity contribution in [2.45, 2.75) is 32.7 Å². The summed E-state index contributed by atoms with van der Waals surface area (Å²) in [5.41, 5.74) is 1.84. The summed E-state index contributed by atoms with van der Waals surface area (Å²) in [6.07, 6.45) is 3.80. The van der Waals surface area contributed by atoms with E-state index in [1.54, 1.807) is 23.7 Å². The first-order valence-electron chi connectivity index (χ1n) is 6.25. The van der Waals surface area contributed by atoms with Crippen molar-refractivity contribution in [2.75, 3.05) is 0 Å². The second kappa shape index (κ2) is 6.43. The fourth-order valence-electron chi connectivity index (χ4n) is 1.60. The van der Waals surface area contributed by atoms with Gasteiger partial charge in [0.1, 0.15) is 0 Å². The molecule has 0 aliphatic rings. The minimum atomic E-state index is -0.00976. The first-order valence-corrected chi connectivity index (χ1v) is 7.13. The first kappa shape index (κ1) is 13.7. The van der Waals surface area contributed by atoms with E-state index in [2.05, 4.69) is 29.1 Å². The summed E-state index contributed by atoms with van der Waals surface area (Å²) in [5, 5.41) is 5.91. The Bertz CT molecular complexity index is 537. The van der Waals surface area contributed by atoms with Crippen LogP contribution in [0.25, 0.3) is 0 Å². The number of amides is 1. The molecule has 0 saturated heterocycles. The van der Waals surface area contributed by atoms with Gasteiger partial charge >= 0.3 is 0 Å². The minimum absolute atomic E-state index is 0.00976. The molecule has 1 amide bonds. The maximum atomic E-state index is 11.8. The fraction of sp³-hybridized carbons (Fsp3) is 0.357. The SMILES string of the molecule is CC(C)c1nc(CC(=O)NCc2cccnc2)cs1. The number of rotatable bonds is 5. The monoisotopic (exact) mass is 275 g/mol. The number of hydrogen-bond donors (Lipinski definition) is 1. The zero-order valence-corrected chi connectivity index (χ0v) is 11.9. The molecule has 0 fully saturated rings. The van der Waals surface area contributed by atoms with Crippen LogP contribution in [-0.2, 0) is 17.8 Å². The van der Waals surface area contributed by atoms with Crippen LogP contribution in [0.4, 0.5) is 0 Å². The Morgan fingerprint density at radius 2 is 2.32 bits per heavy atom. The molecule has 5 heteroatoms. The van der Waals surface area contributed by atoms with Gasteiger partial charge in [-0.3, -0.25) is 9.78 Å². The summed E-state index contributed by atoms with van der Waals surface area (Å²) in [5.74, 6) is 0.404. The van der Waals surface area contributed by atoms with E-state index >= 15 is 0 Å². The molecule has 100 valence electrons. The molecule has 0 bridgehead atoms. The zero-order chi connectivity index (χ0) is 13.7. The topological polar surface area (TPSA) is 54.9 Å². The van der Waals surface area contributed by atoms with Crippen LogP contribution in [0, 0.1) is 0 Å². The van der Waals surface area contributed by atoms with E-state index in [1.165, 1.54) is 0 Å². The molecule has 2 aromatic heterocycles. The van der Waals surface area contributed by atoms with Crippen LogP contribution >= 0.6 is 11.3 Å². The molecule has 0 aromatic carbocycles. The van der Waals surface area contributed by atoms with E-state index in [0.717, 1.165) is 16.3 Å². The number of pyridine rings is 1. The fourth-order valence-corrected chi connectivity index (χ4v) is 2.43. The van der Waals surface area contributed by atoms with Crippen LogP contribution in [0.15, 0.2) is 29.9 Å². The molecule has 1 N–H and O–H groups in total. The van der Waals surface area contributed by atoms with Crippen molar-refractivity contribution in [2.24, 2.45) is 0 Å². The first-order chi connectivity index (χ1) is 9.15. The molecule has 0 aliphatic carbocycles. The van der Waals surface area contributed by atoms with Gasteiger partial charge in [-0.2, -0.15) is 0 Å². The van der Waals surface area contributed by atoms with E-state index in [0.29, 0.717) is 18.9 Å². The Labute approximate surface area is 116 Å². The quantitative estimate of drug-likeness (QED) is 0.912. The van der Waals surface area contributed by atoms with Crippen LogP contribution in [-0.4, -0.2) is 15.9 Å². The molecular formula is C14H17N3OS. The van der Waals surface area contributed by atoms with Gasteiger partial charge in [-0.05, 0) is 11.6 Å². The van der Waals surface area contributed by atoms with Gasteiger partial charge in [0.05, 0.1) is 17.1 Å². The third kappa shape index (κ3) is 4.13. The Morgan fingerprint density at radius 3 is 2.95 bits per heavy atom. The second-order valence-electron chi connectivity index (χ2n) is 4.65. The van der Waals surface area contributed by atoms with Crippen LogP contribution in [0.3, 0.4) is 0 Å². The van der Waals surface area contributed by atoms with Gasteiger partial charge < -0.3 is 5.32 Å². The van der Waals surface area contributed by atoms with Crippen LogP contribution in [0.2, 0.25) is 0 Å². The normalized spacial score (nSPS) is 10.7. The molecule has 4 nitrogen and oxygen atoms in total. The summed E-state index contributed by atoms with van der Waals surface area (Å²) in [7, 11) is 0. The van der Waals surface area contributed by atoms with E-state index in [4.69, 9.17) is 0 Å². The average Bonchev–Trinajstić information content (AvgIpc) is 2.86. The number of nitrogens with zero attached hydrogens (tertiary/aromatic N) is 2. The lowest BCUT2D eigenvalue weighted by Gasteiger charge is -2.03. The largest absolute Gasteiger partial charge is 0.352 e. The van der Waals surface area contributed by atoms with Crippen molar-refractivity contribution in [3.63, 3.8) is 0 Å². The van der Waals surface area contributed by atoms with Crippen LogP contribution < -0.4 is 5.32 Å². The van der Waals surface area contributed by atoms with Gasteiger partial charge in [-0.25, -0.2) is 4.98 Å². The summed E-state index contributed by atoms with van der Waals surface area (Å²) >= 11 is 1.61. The highest BCUT2D eigenvalue weighted by molar-refractivity contribution is 7.09. The summed E-state index contributed by atoms with van der Waals surface area (Å²) in [4.78, 5) is 20.3. The third-order valence-corrected chi connectivity index (χ3v) is 3.81. The molecule has 19 heavy (non-hydrogen) atoms. The molecule has 0 spiro atoms. The molecule has 0 unspecified atom stereocenters. The Kier molecular flexibility index (Phi) is 4.63. The lowest BCUT2D eigenvalue weighted by atomic mass is 10.2. The minimum Gasteiger partial charge on any atom is -0.352 e. The molecule has 2 rings (SSSR count). The van der Waals surface area contributed by atoms with E-state index in [-0.39, 0.29) is 5.91 Å². The number of aromatic nitrogens is 2. The lowest BCUT2D eigenvalue weighted by Crippen LogP contribution is -2.24. The smallest absolute Gasteiger partial charge is 0.226 e. The number of thiazole rings is 1. The van der Waals surface area contributed by atoms with Gasteiger partial charge in [-0.1, -0.05) is 19.9 Å². The predicted molar refractivity (Wildman–Crippen MR) is 76.0 cm³/mol. The van der Waals surface area contributed by atoms with Gasteiger partial charge in [-0.15, -0.1) is 11.3 Å². The summed E-state index contributed by atoms with van der Waals surface area (Å²) < 4.78 is 0. The highest BCUT2D eigenvalue weighted by Crippen LogP contribution is 2.19. The van der Waals surface area contributed by atoms with Crippen molar-refractivity contribution in [3.05, 3.63) is 46.2 Å². The van der Waals surface area contributed by atoms with E-state index in [1.807, 2.05) is 17.5 Å². The van der Waals surface area contributed by atoms with Crippen molar-refractivity contribution in [1.82, 2.24) is 15.3 Å². The van der Waals surface area contributed by atoms with Crippen LogP contribution in [0.1, 0.15) is 36.0 Å². The lowest BCUT2D eigenvalue weighted by molar-refractivity contribution is -0.120. The van der Waals surface area contributed by atoms with Gasteiger partial charge in [0.25, 0.3) is 0 Å². The predicted octanol–water partition coefficient (Wildman–Crippen LogP) is 2.52. The molecule has 0 atom stereocenters. The number of nitrogens with one attached hydrogen (secondary N) is 1. The molecule has 0 saturated carbocycles. The molecule has 0 radical (unpaired) electrons. The highest BCUT2D eigenvalue weighted by atomic mass is 32.1. The van der Waals surface area contributed by atoms with Gasteiger partial charge in [0.2, 0.25) is 5.91 Å². The molecule has 2 heterocycles. The van der Waals surface area contributed by atoms with Gasteiger partial charge in [0, 0.05) is 30.2 Å². The van der Waals surface area contributed by atoms with Crippen molar-refractivity contribution < 1.29 is 4.79 Å². The summed E-state index contributed by atoms with van der Waals surface area (Å²) in [6, 6.07) is 3.80. The zero-order valence-electron chi connectivity index (χ0n) is 11.1. The summed E-state index contributed by atoms with van der Waals surface area (Å²) in [6.45, 7) is 4.71. The molecule has 2 aromatic rings.